The van der Waals surface area contributed by atoms with Gasteiger partial charge in [0.15, 0.2) is 117 Å². The summed E-state index contributed by atoms with van der Waals surface area (Å²) in [6.07, 6.45) is 11.8. The molecule has 16 aromatic carbocycles. The molecule has 0 spiro atoms. The van der Waals surface area contributed by atoms with E-state index in [4.69, 9.17) is 75.8 Å². The third kappa shape index (κ3) is 12.5. The van der Waals surface area contributed by atoms with E-state index >= 15 is 0 Å². The fourth-order valence-corrected chi connectivity index (χ4v) is 20.1. The number of hydrogen-bond donors (Lipinski definition) is 0. The smallest absolute Gasteiger partial charge is 0.231 e. The Morgan fingerprint density at radius 3 is 1.06 bits per heavy atom. The van der Waals surface area contributed by atoms with Gasteiger partial charge in [0.1, 0.15) is 28.2 Å². The van der Waals surface area contributed by atoms with Crippen LogP contribution in [0.3, 0.4) is 0 Å². The molecule has 20 aromatic rings. The number of benzene rings is 16. The van der Waals surface area contributed by atoms with Gasteiger partial charge < -0.3 is 75.8 Å². The number of aryl methyl sites for hydroxylation is 4. The van der Waals surface area contributed by atoms with E-state index < -0.39 is 0 Å². The molecule has 12 heterocycles. The second-order valence-corrected chi connectivity index (χ2v) is 33.4. The Bertz CT molecular complexity index is 8130. The highest BCUT2D eigenvalue weighted by Crippen LogP contribution is 2.52. The molecular formula is C108H80N4O16+4. The first-order valence-corrected chi connectivity index (χ1v) is 42.8. The van der Waals surface area contributed by atoms with E-state index in [1.165, 1.54) is 71.3 Å². The van der Waals surface area contributed by atoms with Crippen LogP contribution in [-0.4, -0.2) is 54.3 Å². The highest BCUT2D eigenvalue weighted by Gasteiger charge is 2.34. The van der Waals surface area contributed by atoms with E-state index in [0.29, 0.717) is 0 Å². The lowest BCUT2D eigenvalue weighted by atomic mass is 9.92. The van der Waals surface area contributed by atoms with Gasteiger partial charge in [-0.3, -0.25) is 0 Å². The van der Waals surface area contributed by atoms with Crippen molar-refractivity contribution in [3.63, 3.8) is 0 Å². The molecule has 4 aromatic heterocycles. The SMILES string of the molecule is C[n+]1cc2c3c(c(Cc4ccccc4)cc2c2ccc4cc5c(cc4c21)OCO5)OCO3.C[n+]1cc2c3c(cc(Cc4ccccc4)c2c2ccc4cc5c(cc4c21)OCO5)OCO3.C[n+]1cc2c3c(ccc2c2c(Cc4ccccc4)cc4cc5c(cc4c21)OCO5)OCO3.C[n+]1cc2c3c(ccc2c2cc(Cc4ccccc4)c4cc5c(cc4c21)OCO5)OCO3. The van der Waals surface area contributed by atoms with E-state index in [2.05, 4.69) is 290 Å². The molecule has 0 saturated carbocycles. The first-order valence-electron chi connectivity index (χ1n) is 42.8. The number of ether oxygens (including phenoxy) is 16. The Kier molecular flexibility index (Phi) is 17.4. The summed E-state index contributed by atoms with van der Waals surface area (Å²) in [5.41, 5.74) is 14.5. The third-order valence-electron chi connectivity index (χ3n) is 25.8. The number of nitrogens with zero attached hydrogens (tertiary/aromatic N) is 4. The van der Waals surface area contributed by atoms with Crippen molar-refractivity contribution >= 4 is 130 Å². The lowest BCUT2D eigenvalue weighted by Crippen LogP contribution is -2.29. The Balaban J connectivity index is 0.0000000926. The number of rotatable bonds is 8. The van der Waals surface area contributed by atoms with Gasteiger partial charge in [-0.2, -0.15) is 18.3 Å². The van der Waals surface area contributed by atoms with E-state index in [1.807, 2.05) is 24.3 Å². The molecule has 0 fully saturated rings. The average Bonchev–Trinajstić information content (AvgIpc) is 1.17. The van der Waals surface area contributed by atoms with Crippen LogP contribution in [0.4, 0.5) is 0 Å². The summed E-state index contributed by atoms with van der Waals surface area (Å²) in [7, 11) is 8.33. The van der Waals surface area contributed by atoms with Crippen molar-refractivity contribution in [3.05, 3.63) is 312 Å². The van der Waals surface area contributed by atoms with Crippen LogP contribution in [0.2, 0.25) is 0 Å². The van der Waals surface area contributed by atoms with Crippen molar-refractivity contribution in [1.82, 2.24) is 0 Å². The van der Waals surface area contributed by atoms with Crippen molar-refractivity contribution in [2.45, 2.75) is 25.7 Å². The van der Waals surface area contributed by atoms with Gasteiger partial charge in [-0.05, 0) is 189 Å². The van der Waals surface area contributed by atoms with Crippen molar-refractivity contribution in [1.29, 1.82) is 0 Å². The normalized spacial score (nSPS) is 14.0. The maximum atomic E-state index is 5.97. The zero-order valence-corrected chi connectivity index (χ0v) is 70.2. The van der Waals surface area contributed by atoms with Gasteiger partial charge in [-0.1, -0.05) is 133 Å². The number of hydrogen-bond acceptors (Lipinski definition) is 16. The highest BCUT2D eigenvalue weighted by molar-refractivity contribution is 6.21. The van der Waals surface area contributed by atoms with E-state index in [9.17, 15) is 0 Å². The molecule has 20 heteroatoms. The van der Waals surface area contributed by atoms with Crippen molar-refractivity contribution in [2.75, 3.05) is 54.3 Å². The Morgan fingerprint density at radius 1 is 0.188 bits per heavy atom. The Morgan fingerprint density at radius 2 is 0.523 bits per heavy atom. The zero-order chi connectivity index (χ0) is 84.9. The standard InChI is InChI=1S/4C27H20NO4/c1-28-13-21-19(7-8-22-27(21)32-15-29-22)25-18(9-16-5-3-2-4-6-16)10-17-11-23-24(31-14-30-23)12-20(17)26(25)28;1-28-13-22-18(7-8-23-27(22)32-15-29-23)20-10-17(9-16-5-3-2-4-6-16)19-11-24-25(31-14-30-24)12-21(19)26(20)28;1-28-13-22-21(10-18(26-27(22)32-15-31-26)9-16-5-3-2-4-6-16)19-8-7-17-11-23-24(30-14-29-23)12-20(17)25(19)28;1-28-13-21-25(18(9-16-5-3-2-4-6-16)11-24-27(21)32-15-31-24)19-8-7-17-10-22-23(30-14-29-22)12-20(17)26(19)28/h4*2-8,10-13H,9,14-15H2,1H3/q4*+1. The molecule has 128 heavy (non-hydrogen) atoms. The van der Waals surface area contributed by atoms with Gasteiger partial charge >= 0.3 is 0 Å². The van der Waals surface area contributed by atoms with Crippen LogP contribution < -0.4 is 94.1 Å². The van der Waals surface area contributed by atoms with Crippen LogP contribution in [-0.2, 0) is 53.9 Å². The monoisotopic (exact) mass is 1690 g/mol. The van der Waals surface area contributed by atoms with E-state index in [1.54, 1.807) is 0 Å². The summed E-state index contributed by atoms with van der Waals surface area (Å²) < 4.78 is 101. The summed E-state index contributed by atoms with van der Waals surface area (Å²) in [6, 6.07) is 84.9. The molecule has 0 unspecified atom stereocenters. The summed E-state index contributed by atoms with van der Waals surface area (Å²) in [5.74, 6) is 12.9. The van der Waals surface area contributed by atoms with Crippen LogP contribution in [0.15, 0.2) is 267 Å². The predicted octanol–water partition coefficient (Wildman–Crippen LogP) is 20.1. The second-order valence-electron chi connectivity index (χ2n) is 33.4. The maximum absolute atomic E-state index is 5.97. The van der Waals surface area contributed by atoms with Gasteiger partial charge in [0.05, 0.1) is 64.6 Å². The molecule has 8 aliphatic heterocycles. The molecular weight excluding hydrogens is 1610 g/mol. The first kappa shape index (κ1) is 74.6. The summed E-state index contributed by atoms with van der Waals surface area (Å²) in [4.78, 5) is 0. The summed E-state index contributed by atoms with van der Waals surface area (Å²) in [6.45, 7) is 2.08. The van der Waals surface area contributed by atoms with Gasteiger partial charge in [-0.25, -0.2) is 0 Å². The van der Waals surface area contributed by atoms with Gasteiger partial charge in [-0.15, -0.1) is 0 Å². The Hall–Kier alpha value is -16.0. The second kappa shape index (κ2) is 29.9. The maximum Gasteiger partial charge on any atom is 0.231 e. The van der Waals surface area contributed by atoms with Crippen LogP contribution in [0.25, 0.3) is 130 Å². The number of pyridine rings is 4. The van der Waals surface area contributed by atoms with Crippen molar-refractivity contribution in [2.24, 2.45) is 28.2 Å². The minimum Gasteiger partial charge on any atom is -0.454 e. The molecule has 0 amide bonds. The average molecular weight is 1690 g/mol. The van der Waals surface area contributed by atoms with Crippen molar-refractivity contribution < 1.29 is 94.1 Å². The largest absolute Gasteiger partial charge is 0.454 e. The molecule has 0 saturated heterocycles. The Labute approximate surface area is 731 Å². The fraction of sp³-hybridized carbons (Fsp3) is 0.148. The quantitative estimate of drug-likeness (QED) is 0.104. The van der Waals surface area contributed by atoms with Gasteiger partial charge in [0, 0.05) is 33.5 Å². The number of aromatic nitrogens is 4. The molecule has 0 aliphatic carbocycles. The minimum absolute atomic E-state index is 0.249. The molecule has 8 aliphatic rings. The predicted molar refractivity (Wildman–Crippen MR) is 487 cm³/mol. The van der Waals surface area contributed by atoms with E-state index in [-0.39, 0.29) is 54.3 Å². The topological polar surface area (TPSA) is 163 Å². The van der Waals surface area contributed by atoms with Crippen molar-refractivity contribution in [3.8, 4) is 92.0 Å². The fourth-order valence-electron chi connectivity index (χ4n) is 20.1. The third-order valence-corrected chi connectivity index (χ3v) is 25.8. The summed E-state index contributed by atoms with van der Waals surface area (Å²) in [5, 5.41) is 22.8. The summed E-state index contributed by atoms with van der Waals surface area (Å²) >= 11 is 0. The molecule has 0 N–H and O–H groups in total. The minimum atomic E-state index is 0.249. The first-order chi connectivity index (χ1) is 63.0. The highest BCUT2D eigenvalue weighted by atomic mass is 16.7. The van der Waals surface area contributed by atoms with Crippen LogP contribution >= 0.6 is 0 Å². The molecule has 624 valence electrons. The van der Waals surface area contributed by atoms with Crippen LogP contribution in [0, 0.1) is 0 Å². The molecule has 20 nitrogen and oxygen atoms in total. The van der Waals surface area contributed by atoms with Gasteiger partial charge in [0.2, 0.25) is 76.4 Å². The number of fused-ring (bicyclic) bond motifs is 32. The lowest BCUT2D eigenvalue weighted by molar-refractivity contribution is -0.642. The lowest BCUT2D eigenvalue weighted by Gasteiger charge is -2.13. The molecule has 0 radical (unpaired) electrons. The molecule has 0 bridgehead atoms. The van der Waals surface area contributed by atoms with Crippen LogP contribution in [0.1, 0.15) is 44.5 Å². The molecule has 28 rings (SSSR count). The van der Waals surface area contributed by atoms with Gasteiger partial charge in [0.25, 0.3) is 0 Å². The zero-order valence-electron chi connectivity index (χ0n) is 70.2. The van der Waals surface area contributed by atoms with Crippen LogP contribution in [0.5, 0.6) is 92.0 Å². The van der Waals surface area contributed by atoms with E-state index in [0.717, 1.165) is 221 Å². The molecule has 0 atom stereocenters.